The predicted molar refractivity (Wildman–Crippen MR) is 66.8 cm³/mol. The molecule has 17 heavy (non-hydrogen) atoms. The highest BCUT2D eigenvalue weighted by molar-refractivity contribution is 5.75. The minimum Gasteiger partial charge on any atom is -0.465 e. The van der Waals surface area contributed by atoms with E-state index in [0.29, 0.717) is 13.0 Å². The van der Waals surface area contributed by atoms with Crippen molar-refractivity contribution in [3.05, 3.63) is 34.9 Å². The van der Waals surface area contributed by atoms with E-state index in [1.54, 1.807) is 6.92 Å². The summed E-state index contributed by atoms with van der Waals surface area (Å²) in [5.41, 5.74) is 9.80. The number of hydrogen-bond donors (Lipinski definition) is 1. The molecule has 0 amide bonds. The standard InChI is InChI=1S/C14H19NO2/c1-2-17-14(16)13(15)9-10-6-7-11-4-3-5-12(11)8-10/h6-8,13H,2-5,9,15H2,1H3. The topological polar surface area (TPSA) is 52.3 Å². The summed E-state index contributed by atoms with van der Waals surface area (Å²) >= 11 is 0. The predicted octanol–water partition coefficient (Wildman–Crippen LogP) is 1.61. The highest BCUT2D eigenvalue weighted by Gasteiger charge is 2.17. The molecule has 2 N–H and O–H groups in total. The summed E-state index contributed by atoms with van der Waals surface area (Å²) in [6.45, 7) is 2.18. The number of aryl methyl sites for hydroxylation is 2. The Morgan fingerprint density at radius 3 is 2.94 bits per heavy atom. The van der Waals surface area contributed by atoms with Crippen LogP contribution in [0.3, 0.4) is 0 Å². The van der Waals surface area contributed by atoms with Crippen LogP contribution in [0.5, 0.6) is 0 Å². The van der Waals surface area contributed by atoms with Crippen molar-refractivity contribution in [1.82, 2.24) is 0 Å². The molecule has 1 atom stereocenters. The third-order valence-corrected chi connectivity index (χ3v) is 3.21. The lowest BCUT2D eigenvalue weighted by Gasteiger charge is -2.11. The number of benzene rings is 1. The van der Waals surface area contributed by atoms with Crippen molar-refractivity contribution in [3.8, 4) is 0 Å². The molecule has 0 bridgehead atoms. The molecular formula is C14H19NO2. The van der Waals surface area contributed by atoms with Gasteiger partial charge < -0.3 is 10.5 Å². The first-order valence-electron chi connectivity index (χ1n) is 6.23. The van der Waals surface area contributed by atoms with Crippen LogP contribution in [0, 0.1) is 0 Å². The Bertz CT molecular complexity index is 415. The number of carbonyl (C=O) groups excluding carboxylic acids is 1. The minimum atomic E-state index is -0.547. The fourth-order valence-electron chi connectivity index (χ4n) is 2.34. The van der Waals surface area contributed by atoms with Gasteiger partial charge >= 0.3 is 5.97 Å². The zero-order chi connectivity index (χ0) is 12.3. The maximum Gasteiger partial charge on any atom is 0.323 e. The molecule has 0 radical (unpaired) electrons. The Morgan fingerprint density at radius 1 is 1.41 bits per heavy atom. The molecule has 1 aromatic rings. The first-order valence-corrected chi connectivity index (χ1v) is 6.23. The third kappa shape index (κ3) is 2.86. The van der Waals surface area contributed by atoms with Crippen molar-refractivity contribution < 1.29 is 9.53 Å². The number of ether oxygens (including phenoxy) is 1. The molecule has 92 valence electrons. The van der Waals surface area contributed by atoms with Crippen LogP contribution in [0.4, 0.5) is 0 Å². The van der Waals surface area contributed by atoms with Crippen molar-refractivity contribution in [2.24, 2.45) is 5.73 Å². The Hall–Kier alpha value is -1.35. The van der Waals surface area contributed by atoms with E-state index in [1.807, 2.05) is 0 Å². The van der Waals surface area contributed by atoms with E-state index in [4.69, 9.17) is 10.5 Å². The molecule has 1 unspecified atom stereocenters. The van der Waals surface area contributed by atoms with Gasteiger partial charge in [0.2, 0.25) is 0 Å². The molecule has 2 rings (SSSR count). The van der Waals surface area contributed by atoms with Gasteiger partial charge in [0.25, 0.3) is 0 Å². The van der Waals surface area contributed by atoms with Crippen LogP contribution >= 0.6 is 0 Å². The summed E-state index contributed by atoms with van der Waals surface area (Å²) in [4.78, 5) is 11.4. The fraction of sp³-hybridized carbons (Fsp3) is 0.500. The van der Waals surface area contributed by atoms with Crippen molar-refractivity contribution in [2.75, 3.05) is 6.61 Å². The molecule has 0 fully saturated rings. The molecule has 3 nitrogen and oxygen atoms in total. The number of hydrogen-bond acceptors (Lipinski definition) is 3. The summed E-state index contributed by atoms with van der Waals surface area (Å²) in [6, 6.07) is 5.87. The van der Waals surface area contributed by atoms with E-state index in [-0.39, 0.29) is 5.97 Å². The van der Waals surface area contributed by atoms with Crippen LogP contribution in [0.25, 0.3) is 0 Å². The maximum atomic E-state index is 11.4. The van der Waals surface area contributed by atoms with Crippen LogP contribution in [0.15, 0.2) is 18.2 Å². The number of nitrogens with two attached hydrogens (primary N) is 1. The lowest BCUT2D eigenvalue weighted by molar-refractivity contribution is -0.144. The molecule has 1 aromatic carbocycles. The molecular weight excluding hydrogens is 214 g/mol. The van der Waals surface area contributed by atoms with Gasteiger partial charge in [-0.25, -0.2) is 0 Å². The normalized spacial score (nSPS) is 15.4. The van der Waals surface area contributed by atoms with Gasteiger partial charge in [-0.15, -0.1) is 0 Å². The summed E-state index contributed by atoms with van der Waals surface area (Å²) in [6.07, 6.45) is 4.13. The summed E-state index contributed by atoms with van der Waals surface area (Å²) < 4.78 is 4.90. The zero-order valence-corrected chi connectivity index (χ0v) is 10.2. The van der Waals surface area contributed by atoms with E-state index in [2.05, 4.69) is 18.2 Å². The van der Waals surface area contributed by atoms with Crippen molar-refractivity contribution >= 4 is 5.97 Å². The smallest absolute Gasteiger partial charge is 0.323 e. The van der Waals surface area contributed by atoms with Gasteiger partial charge in [0.15, 0.2) is 0 Å². The van der Waals surface area contributed by atoms with Gasteiger partial charge in [-0.1, -0.05) is 18.2 Å². The summed E-state index contributed by atoms with van der Waals surface area (Å²) in [7, 11) is 0. The number of esters is 1. The Labute approximate surface area is 102 Å². The summed E-state index contributed by atoms with van der Waals surface area (Å²) in [5.74, 6) is -0.312. The monoisotopic (exact) mass is 233 g/mol. The molecule has 0 saturated carbocycles. The van der Waals surface area contributed by atoms with Gasteiger partial charge in [-0.05, 0) is 49.3 Å². The van der Waals surface area contributed by atoms with Crippen LogP contribution in [-0.4, -0.2) is 18.6 Å². The Morgan fingerprint density at radius 2 is 2.18 bits per heavy atom. The SMILES string of the molecule is CCOC(=O)C(N)Cc1ccc2c(c1)CCC2. The van der Waals surface area contributed by atoms with E-state index in [1.165, 1.54) is 24.0 Å². The average Bonchev–Trinajstić information content (AvgIpc) is 2.76. The van der Waals surface area contributed by atoms with Crippen LogP contribution in [-0.2, 0) is 28.8 Å². The van der Waals surface area contributed by atoms with E-state index in [0.717, 1.165) is 12.0 Å². The first kappa shape index (κ1) is 12.1. The largest absolute Gasteiger partial charge is 0.465 e. The number of carbonyl (C=O) groups is 1. The lowest BCUT2D eigenvalue weighted by atomic mass is 10.0. The fourth-order valence-corrected chi connectivity index (χ4v) is 2.34. The molecule has 0 saturated heterocycles. The second-order valence-electron chi connectivity index (χ2n) is 4.52. The van der Waals surface area contributed by atoms with Gasteiger partial charge in [0.05, 0.1) is 6.61 Å². The second kappa shape index (κ2) is 5.32. The molecule has 1 aliphatic carbocycles. The maximum absolute atomic E-state index is 11.4. The highest BCUT2D eigenvalue weighted by Crippen LogP contribution is 2.23. The third-order valence-electron chi connectivity index (χ3n) is 3.21. The highest BCUT2D eigenvalue weighted by atomic mass is 16.5. The van der Waals surface area contributed by atoms with Crippen molar-refractivity contribution in [2.45, 2.75) is 38.6 Å². The average molecular weight is 233 g/mol. The quantitative estimate of drug-likeness (QED) is 0.804. The van der Waals surface area contributed by atoms with Crippen LogP contribution in [0.1, 0.15) is 30.0 Å². The zero-order valence-electron chi connectivity index (χ0n) is 10.2. The Kier molecular flexibility index (Phi) is 3.79. The van der Waals surface area contributed by atoms with E-state index >= 15 is 0 Å². The molecule has 1 aliphatic rings. The van der Waals surface area contributed by atoms with Gasteiger partial charge in [0, 0.05) is 0 Å². The van der Waals surface area contributed by atoms with E-state index < -0.39 is 6.04 Å². The van der Waals surface area contributed by atoms with Gasteiger partial charge in [0.1, 0.15) is 6.04 Å². The molecule has 0 spiro atoms. The van der Waals surface area contributed by atoms with Crippen LogP contribution in [0.2, 0.25) is 0 Å². The minimum absolute atomic E-state index is 0.312. The molecule has 0 aliphatic heterocycles. The molecule has 0 heterocycles. The van der Waals surface area contributed by atoms with Crippen LogP contribution < -0.4 is 5.73 Å². The molecule has 0 aromatic heterocycles. The summed E-state index contributed by atoms with van der Waals surface area (Å²) in [5, 5.41) is 0. The molecule has 3 heteroatoms. The number of fused-ring (bicyclic) bond motifs is 1. The van der Waals surface area contributed by atoms with Gasteiger partial charge in [-0.3, -0.25) is 4.79 Å². The van der Waals surface area contributed by atoms with Gasteiger partial charge in [-0.2, -0.15) is 0 Å². The van der Waals surface area contributed by atoms with E-state index in [9.17, 15) is 4.79 Å². The second-order valence-corrected chi connectivity index (χ2v) is 4.52. The van der Waals surface area contributed by atoms with Crippen molar-refractivity contribution in [3.63, 3.8) is 0 Å². The number of rotatable bonds is 4. The first-order chi connectivity index (χ1) is 8.20. The lowest BCUT2D eigenvalue weighted by Crippen LogP contribution is -2.34. The Balaban J connectivity index is 2.01. The van der Waals surface area contributed by atoms with Crippen molar-refractivity contribution in [1.29, 1.82) is 0 Å².